The molecule has 0 saturated heterocycles. The average molecular weight is 249 g/mol. The van der Waals surface area contributed by atoms with Crippen molar-refractivity contribution in [2.24, 2.45) is 5.16 Å². The number of oxime groups is 1. The first-order valence-corrected chi connectivity index (χ1v) is 6.17. The van der Waals surface area contributed by atoms with Crippen LogP contribution in [0, 0.1) is 0 Å². The van der Waals surface area contributed by atoms with Crippen LogP contribution in [0.5, 0.6) is 0 Å². The van der Waals surface area contributed by atoms with E-state index in [4.69, 9.17) is 9.94 Å². The number of hydrogen-bond acceptors (Lipinski definition) is 4. The summed E-state index contributed by atoms with van der Waals surface area (Å²) in [6.07, 6.45) is 2.36. The van der Waals surface area contributed by atoms with Gasteiger partial charge in [-0.25, -0.2) is 4.79 Å². The highest BCUT2D eigenvalue weighted by atomic mass is 16.5. The lowest BCUT2D eigenvalue weighted by molar-refractivity contribution is -0.135. The summed E-state index contributed by atoms with van der Waals surface area (Å²) < 4.78 is 4.82. The number of esters is 1. The summed E-state index contributed by atoms with van der Waals surface area (Å²) in [6.45, 7) is 4.11. The van der Waals surface area contributed by atoms with Crippen LogP contribution in [0.25, 0.3) is 0 Å². The highest BCUT2D eigenvalue weighted by Crippen LogP contribution is 2.09. The fourth-order valence-corrected chi connectivity index (χ4v) is 1.74. The smallest absolute Gasteiger partial charge is 0.356 e. The molecule has 0 spiro atoms. The van der Waals surface area contributed by atoms with E-state index in [1.807, 2.05) is 24.3 Å². The van der Waals surface area contributed by atoms with Gasteiger partial charge in [0.1, 0.15) is 0 Å². The minimum Gasteiger partial charge on any atom is -0.461 e. The molecule has 0 unspecified atom stereocenters. The van der Waals surface area contributed by atoms with Gasteiger partial charge in [-0.15, -0.1) is 0 Å². The van der Waals surface area contributed by atoms with Crippen LogP contribution in [0.3, 0.4) is 0 Å². The van der Waals surface area contributed by atoms with E-state index in [-0.39, 0.29) is 18.7 Å². The predicted molar refractivity (Wildman–Crippen MR) is 70.0 cm³/mol. The highest BCUT2D eigenvalue weighted by molar-refractivity contribution is 6.36. The van der Waals surface area contributed by atoms with Crippen LogP contribution >= 0.6 is 0 Å². The Labute approximate surface area is 107 Å². The monoisotopic (exact) mass is 249 g/mol. The van der Waals surface area contributed by atoms with Crippen molar-refractivity contribution in [3.05, 3.63) is 35.4 Å². The minimum atomic E-state index is -0.569. The van der Waals surface area contributed by atoms with Crippen LogP contribution in [0.2, 0.25) is 0 Å². The normalized spacial score (nSPS) is 11.3. The number of carbonyl (C=O) groups is 1. The number of aryl methyl sites for hydroxylation is 1. The molecule has 0 atom stereocenters. The molecule has 4 heteroatoms. The van der Waals surface area contributed by atoms with Gasteiger partial charge in [0.15, 0.2) is 5.71 Å². The molecule has 0 aromatic heterocycles. The molecule has 0 radical (unpaired) electrons. The summed E-state index contributed by atoms with van der Waals surface area (Å²) in [7, 11) is 0. The van der Waals surface area contributed by atoms with Crippen molar-refractivity contribution in [3.63, 3.8) is 0 Å². The lowest BCUT2D eigenvalue weighted by Crippen LogP contribution is -2.20. The Hall–Kier alpha value is -1.84. The van der Waals surface area contributed by atoms with Gasteiger partial charge in [0.25, 0.3) is 0 Å². The number of hydrogen-bond donors (Lipinski definition) is 1. The summed E-state index contributed by atoms with van der Waals surface area (Å²) >= 11 is 0. The standard InChI is InChI=1S/C14H19NO3/c1-3-6-11-7-5-8-12(9-11)10-13(15-17)14(16)18-4-2/h5,7-9,17H,3-4,6,10H2,1-2H3. The van der Waals surface area contributed by atoms with Crippen molar-refractivity contribution in [1.29, 1.82) is 0 Å². The zero-order valence-electron chi connectivity index (χ0n) is 10.8. The van der Waals surface area contributed by atoms with E-state index in [0.29, 0.717) is 0 Å². The predicted octanol–water partition coefficient (Wildman–Crippen LogP) is 2.57. The largest absolute Gasteiger partial charge is 0.461 e. The Morgan fingerprint density at radius 3 is 2.67 bits per heavy atom. The first kappa shape index (κ1) is 14.2. The number of benzene rings is 1. The molecule has 98 valence electrons. The Kier molecular flexibility index (Phi) is 5.91. The second-order valence-corrected chi connectivity index (χ2v) is 4.01. The van der Waals surface area contributed by atoms with Gasteiger partial charge >= 0.3 is 5.97 Å². The third-order valence-electron chi connectivity index (χ3n) is 2.53. The van der Waals surface area contributed by atoms with Crippen molar-refractivity contribution < 1.29 is 14.7 Å². The van der Waals surface area contributed by atoms with E-state index < -0.39 is 5.97 Å². The fourth-order valence-electron chi connectivity index (χ4n) is 1.74. The van der Waals surface area contributed by atoms with Gasteiger partial charge in [0, 0.05) is 6.42 Å². The van der Waals surface area contributed by atoms with Gasteiger partial charge in [-0.3, -0.25) is 0 Å². The molecule has 4 nitrogen and oxygen atoms in total. The molecule has 0 aliphatic heterocycles. The molecule has 1 rings (SSSR count). The van der Waals surface area contributed by atoms with E-state index in [9.17, 15) is 4.79 Å². The topological polar surface area (TPSA) is 58.9 Å². The van der Waals surface area contributed by atoms with Crippen molar-refractivity contribution in [1.82, 2.24) is 0 Å². The molecular formula is C14H19NO3. The summed E-state index contributed by atoms with van der Waals surface area (Å²) in [5, 5.41) is 11.9. The van der Waals surface area contributed by atoms with Crippen LogP contribution in [0.4, 0.5) is 0 Å². The summed E-state index contributed by atoms with van der Waals surface area (Å²) in [6, 6.07) is 7.92. The summed E-state index contributed by atoms with van der Waals surface area (Å²) in [5.74, 6) is -0.569. The SMILES string of the molecule is CCCc1cccc(CC(=NO)C(=O)OCC)c1. The van der Waals surface area contributed by atoms with Gasteiger partial charge in [0.2, 0.25) is 0 Å². The van der Waals surface area contributed by atoms with Gasteiger partial charge in [0.05, 0.1) is 6.61 Å². The van der Waals surface area contributed by atoms with E-state index in [1.54, 1.807) is 6.92 Å². The maximum Gasteiger partial charge on any atom is 0.356 e. The third kappa shape index (κ3) is 4.20. The van der Waals surface area contributed by atoms with Gasteiger partial charge in [-0.05, 0) is 24.5 Å². The number of rotatable bonds is 6. The Balaban J connectivity index is 2.76. The summed E-state index contributed by atoms with van der Waals surface area (Å²) in [5.41, 5.74) is 2.20. The van der Waals surface area contributed by atoms with Crippen LogP contribution in [0.1, 0.15) is 31.4 Å². The molecule has 0 aliphatic rings. The minimum absolute atomic E-state index is 0.0329. The number of nitrogens with zero attached hydrogens (tertiary/aromatic N) is 1. The summed E-state index contributed by atoms with van der Waals surface area (Å²) in [4.78, 5) is 11.5. The molecule has 0 fully saturated rings. The molecule has 1 aromatic rings. The van der Waals surface area contributed by atoms with E-state index in [0.717, 1.165) is 18.4 Å². The number of ether oxygens (including phenoxy) is 1. The molecular weight excluding hydrogens is 230 g/mol. The number of carbonyl (C=O) groups excluding carboxylic acids is 1. The van der Waals surface area contributed by atoms with Crippen LogP contribution < -0.4 is 0 Å². The van der Waals surface area contributed by atoms with E-state index in [2.05, 4.69) is 12.1 Å². The molecule has 0 amide bonds. The van der Waals surface area contributed by atoms with Crippen LogP contribution in [-0.2, 0) is 22.4 Å². The van der Waals surface area contributed by atoms with Crippen molar-refractivity contribution in [2.75, 3.05) is 6.61 Å². The Morgan fingerprint density at radius 2 is 2.06 bits per heavy atom. The lowest BCUT2D eigenvalue weighted by Gasteiger charge is -2.06. The molecule has 0 bridgehead atoms. The van der Waals surface area contributed by atoms with Gasteiger partial charge in [-0.2, -0.15) is 0 Å². The molecule has 0 heterocycles. The van der Waals surface area contributed by atoms with Crippen molar-refractivity contribution >= 4 is 11.7 Å². The maximum absolute atomic E-state index is 11.5. The van der Waals surface area contributed by atoms with E-state index in [1.165, 1.54) is 5.56 Å². The molecule has 1 aromatic carbocycles. The second kappa shape index (κ2) is 7.48. The zero-order valence-corrected chi connectivity index (χ0v) is 10.8. The zero-order chi connectivity index (χ0) is 13.4. The first-order chi connectivity index (χ1) is 8.71. The third-order valence-corrected chi connectivity index (χ3v) is 2.53. The van der Waals surface area contributed by atoms with Crippen molar-refractivity contribution in [3.8, 4) is 0 Å². The van der Waals surface area contributed by atoms with Gasteiger partial charge in [-0.1, -0.05) is 42.8 Å². The maximum atomic E-state index is 11.5. The highest BCUT2D eigenvalue weighted by Gasteiger charge is 2.14. The molecule has 0 saturated carbocycles. The molecule has 0 aliphatic carbocycles. The molecule has 18 heavy (non-hydrogen) atoms. The van der Waals surface area contributed by atoms with Crippen LogP contribution in [-0.4, -0.2) is 23.5 Å². The van der Waals surface area contributed by atoms with Gasteiger partial charge < -0.3 is 9.94 Å². The second-order valence-electron chi connectivity index (χ2n) is 4.01. The van der Waals surface area contributed by atoms with Crippen LogP contribution in [0.15, 0.2) is 29.4 Å². The quantitative estimate of drug-likeness (QED) is 0.365. The molecule has 1 N–H and O–H groups in total. The van der Waals surface area contributed by atoms with E-state index >= 15 is 0 Å². The lowest BCUT2D eigenvalue weighted by atomic mass is 10.0. The van der Waals surface area contributed by atoms with Crippen molar-refractivity contribution in [2.45, 2.75) is 33.1 Å². The Morgan fingerprint density at radius 1 is 1.33 bits per heavy atom. The first-order valence-electron chi connectivity index (χ1n) is 6.17. The average Bonchev–Trinajstić information content (AvgIpc) is 2.37. The fraction of sp³-hybridized carbons (Fsp3) is 0.429. The Bertz CT molecular complexity index is 427.